The molecule has 0 radical (unpaired) electrons. The van der Waals surface area contributed by atoms with Crippen LogP contribution in [0.25, 0.3) is 0 Å². The van der Waals surface area contributed by atoms with Crippen LogP contribution in [0, 0.1) is 0 Å². The minimum Gasteiger partial charge on any atom is -0.483 e. The van der Waals surface area contributed by atoms with Crippen molar-refractivity contribution in [3.63, 3.8) is 0 Å². The first kappa shape index (κ1) is 15.7. The van der Waals surface area contributed by atoms with Crippen LogP contribution >= 0.6 is 15.9 Å². The third-order valence-corrected chi connectivity index (χ3v) is 4.12. The molecule has 3 rings (SSSR count). The smallest absolute Gasteiger partial charge is 0.258 e. The molecule has 0 saturated heterocycles. The Hall–Kier alpha value is -2.21. The fourth-order valence-electron chi connectivity index (χ4n) is 2.25. The molecule has 2 aromatic rings. The van der Waals surface area contributed by atoms with Gasteiger partial charge in [0.2, 0.25) is 6.79 Å². The van der Waals surface area contributed by atoms with Crippen LogP contribution in [-0.4, -0.2) is 19.3 Å². The molecule has 0 aromatic heterocycles. The van der Waals surface area contributed by atoms with Crippen molar-refractivity contribution >= 4 is 21.8 Å². The molecule has 2 aromatic carbocycles. The van der Waals surface area contributed by atoms with Gasteiger partial charge in [-0.05, 0) is 52.7 Å². The quantitative estimate of drug-likeness (QED) is 0.866. The summed E-state index contributed by atoms with van der Waals surface area (Å²) < 4.78 is 16.9. The number of hydrogen-bond donors (Lipinski definition) is 1. The molecule has 5 nitrogen and oxygen atoms in total. The topological polar surface area (TPSA) is 56.8 Å². The van der Waals surface area contributed by atoms with Crippen LogP contribution in [-0.2, 0) is 4.79 Å². The minimum atomic E-state index is -0.189. The Labute approximate surface area is 142 Å². The van der Waals surface area contributed by atoms with E-state index in [-0.39, 0.29) is 25.3 Å². The zero-order valence-electron chi connectivity index (χ0n) is 12.5. The number of carbonyl (C=O) groups excluding carboxylic acids is 1. The van der Waals surface area contributed by atoms with Gasteiger partial charge in [-0.3, -0.25) is 4.79 Å². The van der Waals surface area contributed by atoms with Crippen LogP contribution in [0.1, 0.15) is 18.5 Å². The molecule has 1 N–H and O–H groups in total. The largest absolute Gasteiger partial charge is 0.483 e. The van der Waals surface area contributed by atoms with E-state index in [0.29, 0.717) is 11.5 Å². The highest BCUT2D eigenvalue weighted by molar-refractivity contribution is 9.10. The van der Waals surface area contributed by atoms with Crippen molar-refractivity contribution in [2.45, 2.75) is 13.0 Å². The molecule has 0 unspecified atom stereocenters. The molecule has 0 bridgehead atoms. The number of para-hydroxylation sites is 1. The summed E-state index contributed by atoms with van der Waals surface area (Å²) in [6.07, 6.45) is 0. The Balaban J connectivity index is 1.56. The highest BCUT2D eigenvalue weighted by atomic mass is 79.9. The van der Waals surface area contributed by atoms with E-state index in [9.17, 15) is 4.79 Å². The zero-order chi connectivity index (χ0) is 16.2. The maximum atomic E-state index is 12.0. The van der Waals surface area contributed by atoms with Crippen molar-refractivity contribution in [2.75, 3.05) is 13.4 Å². The van der Waals surface area contributed by atoms with E-state index in [0.717, 1.165) is 15.8 Å². The molecule has 0 fully saturated rings. The van der Waals surface area contributed by atoms with E-state index in [2.05, 4.69) is 21.2 Å². The predicted octanol–water partition coefficient (Wildman–Crippen LogP) is 3.43. The Morgan fingerprint density at radius 3 is 2.87 bits per heavy atom. The first-order valence-corrected chi connectivity index (χ1v) is 7.99. The number of carbonyl (C=O) groups is 1. The molecule has 23 heavy (non-hydrogen) atoms. The number of halogens is 1. The summed E-state index contributed by atoms with van der Waals surface area (Å²) in [5.41, 5.74) is 0.948. The Morgan fingerprint density at radius 2 is 2.04 bits per heavy atom. The summed E-state index contributed by atoms with van der Waals surface area (Å²) in [7, 11) is 0. The first-order chi connectivity index (χ1) is 11.1. The van der Waals surface area contributed by atoms with E-state index in [4.69, 9.17) is 14.2 Å². The number of ether oxygens (including phenoxy) is 3. The predicted molar refractivity (Wildman–Crippen MR) is 88.8 cm³/mol. The van der Waals surface area contributed by atoms with Crippen LogP contribution < -0.4 is 19.5 Å². The molecule has 0 saturated carbocycles. The van der Waals surface area contributed by atoms with Crippen LogP contribution in [0.2, 0.25) is 0 Å². The fraction of sp³-hybridized carbons (Fsp3) is 0.235. The molecule has 0 spiro atoms. The molecule has 1 aliphatic rings. The third-order valence-electron chi connectivity index (χ3n) is 3.47. The van der Waals surface area contributed by atoms with Gasteiger partial charge in [0.25, 0.3) is 5.91 Å². The van der Waals surface area contributed by atoms with Gasteiger partial charge in [-0.1, -0.05) is 18.2 Å². The molecular formula is C17H16BrNO4. The normalized spacial score (nSPS) is 13.5. The summed E-state index contributed by atoms with van der Waals surface area (Å²) in [4.78, 5) is 12.0. The van der Waals surface area contributed by atoms with Crippen molar-refractivity contribution in [3.8, 4) is 17.2 Å². The number of rotatable bonds is 5. The summed E-state index contributed by atoms with van der Waals surface area (Å²) in [5.74, 6) is 1.88. The van der Waals surface area contributed by atoms with Gasteiger partial charge in [0.1, 0.15) is 5.75 Å². The molecule has 1 heterocycles. The molecule has 1 atom stereocenters. The minimum absolute atomic E-state index is 0.0441. The zero-order valence-corrected chi connectivity index (χ0v) is 14.1. The van der Waals surface area contributed by atoms with Gasteiger partial charge >= 0.3 is 0 Å². The van der Waals surface area contributed by atoms with E-state index in [1.807, 2.05) is 43.3 Å². The molecule has 1 amide bonds. The summed E-state index contributed by atoms with van der Waals surface area (Å²) in [5, 5.41) is 2.90. The van der Waals surface area contributed by atoms with Crippen LogP contribution in [0.15, 0.2) is 46.9 Å². The van der Waals surface area contributed by atoms with Gasteiger partial charge in [0, 0.05) is 0 Å². The van der Waals surface area contributed by atoms with Gasteiger partial charge in [-0.25, -0.2) is 0 Å². The second kappa shape index (κ2) is 6.91. The summed E-state index contributed by atoms with van der Waals surface area (Å²) in [6, 6.07) is 12.9. The average molecular weight is 378 g/mol. The van der Waals surface area contributed by atoms with Gasteiger partial charge in [-0.2, -0.15) is 0 Å². The maximum absolute atomic E-state index is 12.0. The molecule has 120 valence electrons. The summed E-state index contributed by atoms with van der Waals surface area (Å²) in [6.45, 7) is 2.10. The lowest BCUT2D eigenvalue weighted by atomic mass is 10.1. The van der Waals surface area contributed by atoms with Crippen molar-refractivity contribution in [1.29, 1.82) is 0 Å². The lowest BCUT2D eigenvalue weighted by molar-refractivity contribution is -0.123. The molecule has 0 aliphatic carbocycles. The Bertz CT molecular complexity index is 719. The average Bonchev–Trinajstić information content (AvgIpc) is 3.01. The third kappa shape index (κ3) is 3.76. The number of benzene rings is 2. The van der Waals surface area contributed by atoms with Crippen molar-refractivity contribution in [2.24, 2.45) is 0 Å². The van der Waals surface area contributed by atoms with Crippen LogP contribution in [0.3, 0.4) is 0 Å². The van der Waals surface area contributed by atoms with E-state index < -0.39 is 0 Å². The molecule has 6 heteroatoms. The number of amides is 1. The lowest BCUT2D eigenvalue weighted by Gasteiger charge is -2.15. The van der Waals surface area contributed by atoms with E-state index in [1.165, 1.54) is 0 Å². The molecular weight excluding hydrogens is 362 g/mol. The lowest BCUT2D eigenvalue weighted by Crippen LogP contribution is -2.31. The van der Waals surface area contributed by atoms with Crippen molar-refractivity contribution in [3.05, 3.63) is 52.5 Å². The van der Waals surface area contributed by atoms with Crippen LogP contribution in [0.4, 0.5) is 0 Å². The summed E-state index contributed by atoms with van der Waals surface area (Å²) >= 11 is 3.38. The fourth-order valence-corrected chi connectivity index (χ4v) is 2.65. The van der Waals surface area contributed by atoms with E-state index >= 15 is 0 Å². The first-order valence-electron chi connectivity index (χ1n) is 7.20. The highest BCUT2D eigenvalue weighted by Gasteiger charge is 2.17. The Kier molecular flexibility index (Phi) is 4.71. The standard InChI is InChI=1S/C17H16BrNO4/c1-11(12-6-7-15-16(8-12)23-10-22-15)19-17(20)9-21-14-5-3-2-4-13(14)18/h2-8,11H,9-10H2,1H3,(H,19,20)/t11-/m0/s1. The van der Waals surface area contributed by atoms with Gasteiger partial charge in [0.05, 0.1) is 10.5 Å². The number of fused-ring (bicyclic) bond motifs is 1. The van der Waals surface area contributed by atoms with Crippen molar-refractivity contribution in [1.82, 2.24) is 5.32 Å². The molecule has 1 aliphatic heterocycles. The maximum Gasteiger partial charge on any atom is 0.258 e. The van der Waals surface area contributed by atoms with Gasteiger partial charge in [0.15, 0.2) is 18.1 Å². The SMILES string of the molecule is C[C@H](NC(=O)COc1ccccc1Br)c1ccc2c(c1)OCO2. The van der Waals surface area contributed by atoms with Gasteiger partial charge < -0.3 is 19.5 Å². The highest BCUT2D eigenvalue weighted by Crippen LogP contribution is 2.34. The second-order valence-corrected chi connectivity index (χ2v) is 5.98. The van der Waals surface area contributed by atoms with Crippen LogP contribution in [0.5, 0.6) is 17.2 Å². The Morgan fingerprint density at radius 1 is 1.26 bits per heavy atom. The van der Waals surface area contributed by atoms with E-state index in [1.54, 1.807) is 6.07 Å². The monoisotopic (exact) mass is 377 g/mol. The number of nitrogens with one attached hydrogen (secondary N) is 1. The second-order valence-electron chi connectivity index (χ2n) is 5.12. The van der Waals surface area contributed by atoms with Gasteiger partial charge in [-0.15, -0.1) is 0 Å². The number of hydrogen-bond acceptors (Lipinski definition) is 4. The van der Waals surface area contributed by atoms with Crippen molar-refractivity contribution < 1.29 is 19.0 Å².